The van der Waals surface area contributed by atoms with Gasteiger partial charge in [0.1, 0.15) is 11.9 Å². The van der Waals surface area contributed by atoms with Crippen LogP contribution in [0, 0.1) is 0 Å². The summed E-state index contributed by atoms with van der Waals surface area (Å²) in [6.45, 7) is 0.360. The second-order valence-electron chi connectivity index (χ2n) is 4.89. The van der Waals surface area contributed by atoms with Crippen LogP contribution in [0.1, 0.15) is 10.4 Å². The Balaban J connectivity index is 1.67. The van der Waals surface area contributed by atoms with E-state index in [-0.39, 0.29) is 17.0 Å². The predicted octanol–water partition coefficient (Wildman–Crippen LogP) is 0.0507. The van der Waals surface area contributed by atoms with Crippen LogP contribution in [0.5, 0.6) is 5.75 Å². The monoisotopic (exact) mass is 346 g/mol. The minimum Gasteiger partial charge on any atom is -0.504 e. The molecule has 0 saturated heterocycles. The van der Waals surface area contributed by atoms with Crippen molar-refractivity contribution < 1.29 is 9.90 Å². The molecule has 3 heterocycles. The molecule has 9 nitrogen and oxygen atoms in total. The Morgan fingerprint density at radius 3 is 3.04 bits per heavy atom. The Hall–Kier alpha value is -2.88. The minimum atomic E-state index is -0.533. The number of hydrogen-bond acceptors (Lipinski definition) is 7. The first-order chi connectivity index (χ1) is 11.6. The van der Waals surface area contributed by atoms with Gasteiger partial charge in [-0.2, -0.15) is 0 Å². The lowest BCUT2D eigenvalue weighted by Crippen LogP contribution is -2.32. The van der Waals surface area contributed by atoms with Gasteiger partial charge in [-0.25, -0.2) is 4.98 Å². The van der Waals surface area contributed by atoms with Crippen LogP contribution in [0.15, 0.2) is 40.8 Å². The van der Waals surface area contributed by atoms with E-state index in [4.69, 9.17) is 0 Å². The molecule has 0 bridgehead atoms. The predicted molar refractivity (Wildman–Crippen MR) is 87.2 cm³/mol. The third-order valence-electron chi connectivity index (χ3n) is 3.24. The smallest absolute Gasteiger partial charge is 0.270 e. The number of hydrogen-bond donors (Lipinski definition) is 2. The molecule has 0 fully saturated rings. The fourth-order valence-electron chi connectivity index (χ4n) is 2.05. The lowest BCUT2D eigenvalue weighted by molar-refractivity contribution is 0.0954. The van der Waals surface area contributed by atoms with Crippen molar-refractivity contribution in [1.29, 1.82) is 0 Å². The Bertz CT molecular complexity index is 951. The van der Waals surface area contributed by atoms with Gasteiger partial charge in [-0.1, -0.05) is 11.8 Å². The van der Waals surface area contributed by atoms with E-state index in [0.29, 0.717) is 12.3 Å². The van der Waals surface area contributed by atoms with Crippen LogP contribution in [0.4, 0.5) is 0 Å². The molecule has 0 radical (unpaired) electrons. The summed E-state index contributed by atoms with van der Waals surface area (Å²) in [6.07, 6.45) is 4.21. The number of aryl methyl sites for hydroxylation is 1. The molecule has 0 aliphatic rings. The molecule has 0 aliphatic carbocycles. The average Bonchev–Trinajstić information content (AvgIpc) is 2.98. The van der Waals surface area contributed by atoms with E-state index in [1.807, 2.05) is 7.05 Å². The highest BCUT2D eigenvalue weighted by Gasteiger charge is 2.14. The summed E-state index contributed by atoms with van der Waals surface area (Å²) in [5, 5.41) is 20.8. The van der Waals surface area contributed by atoms with Crippen molar-refractivity contribution in [3.63, 3.8) is 0 Å². The Morgan fingerprint density at radius 2 is 2.29 bits per heavy atom. The fourth-order valence-corrected chi connectivity index (χ4v) is 2.80. The molecule has 3 aromatic heterocycles. The average molecular weight is 346 g/mol. The highest BCUT2D eigenvalue weighted by molar-refractivity contribution is 7.99. The van der Waals surface area contributed by atoms with Crippen molar-refractivity contribution in [2.75, 3.05) is 12.3 Å². The van der Waals surface area contributed by atoms with Gasteiger partial charge in [0, 0.05) is 31.7 Å². The maximum Gasteiger partial charge on any atom is 0.270 e. The SMILES string of the molecule is Cn1cnnc1SCCNC(=O)c1cnc2c(O)cccn2c1=O. The molecule has 1 amide bonds. The summed E-state index contributed by atoms with van der Waals surface area (Å²) in [5.41, 5.74) is -0.506. The quantitative estimate of drug-likeness (QED) is 0.495. The third kappa shape index (κ3) is 3.08. The lowest BCUT2D eigenvalue weighted by atomic mass is 10.3. The number of nitrogens with zero attached hydrogens (tertiary/aromatic N) is 5. The van der Waals surface area contributed by atoms with E-state index >= 15 is 0 Å². The van der Waals surface area contributed by atoms with Crippen molar-refractivity contribution in [1.82, 2.24) is 29.5 Å². The Labute approximate surface area is 140 Å². The number of carbonyl (C=O) groups excluding carboxylic acids is 1. The molecule has 3 rings (SSSR count). The summed E-state index contributed by atoms with van der Waals surface area (Å²) >= 11 is 1.44. The maximum absolute atomic E-state index is 12.3. The zero-order valence-corrected chi connectivity index (χ0v) is 13.5. The molecule has 24 heavy (non-hydrogen) atoms. The molecule has 0 spiro atoms. The highest BCUT2D eigenvalue weighted by atomic mass is 32.2. The van der Waals surface area contributed by atoms with Gasteiger partial charge >= 0.3 is 0 Å². The van der Waals surface area contributed by atoms with E-state index in [2.05, 4.69) is 20.5 Å². The van der Waals surface area contributed by atoms with E-state index in [1.165, 1.54) is 36.3 Å². The number of rotatable bonds is 5. The normalized spacial score (nSPS) is 10.9. The van der Waals surface area contributed by atoms with Crippen LogP contribution in [0.3, 0.4) is 0 Å². The first kappa shape index (κ1) is 16.0. The molecule has 0 saturated carbocycles. The summed E-state index contributed by atoms with van der Waals surface area (Å²) in [6, 6.07) is 2.93. The second kappa shape index (κ2) is 6.71. The zero-order valence-electron chi connectivity index (χ0n) is 12.7. The van der Waals surface area contributed by atoms with Crippen molar-refractivity contribution in [2.45, 2.75) is 5.16 Å². The highest BCUT2D eigenvalue weighted by Crippen LogP contribution is 2.13. The van der Waals surface area contributed by atoms with Crippen molar-refractivity contribution in [3.8, 4) is 5.75 Å². The van der Waals surface area contributed by atoms with Crippen molar-refractivity contribution in [3.05, 3.63) is 46.8 Å². The van der Waals surface area contributed by atoms with Crippen molar-refractivity contribution in [2.24, 2.45) is 7.05 Å². The molecule has 124 valence electrons. The number of fused-ring (bicyclic) bond motifs is 1. The maximum atomic E-state index is 12.3. The van der Waals surface area contributed by atoms with E-state index < -0.39 is 11.5 Å². The first-order valence-electron chi connectivity index (χ1n) is 7.02. The van der Waals surface area contributed by atoms with Gasteiger partial charge in [0.25, 0.3) is 11.5 Å². The van der Waals surface area contributed by atoms with Gasteiger partial charge in [0.15, 0.2) is 16.6 Å². The van der Waals surface area contributed by atoms with E-state index in [0.717, 1.165) is 9.56 Å². The molecule has 0 atom stereocenters. The largest absolute Gasteiger partial charge is 0.504 e. The third-order valence-corrected chi connectivity index (χ3v) is 4.28. The van der Waals surface area contributed by atoms with Crippen LogP contribution < -0.4 is 10.9 Å². The van der Waals surface area contributed by atoms with Crippen LogP contribution in [0.25, 0.3) is 5.65 Å². The standard InChI is InChI=1S/C14H14N6O3S/c1-19-8-17-18-14(19)24-6-4-15-12(22)9-7-16-11-10(21)3-2-5-20(11)13(9)23/h2-3,5,7-8,21H,4,6H2,1H3,(H,15,22). The van der Waals surface area contributed by atoms with Gasteiger partial charge in [-0.15, -0.1) is 10.2 Å². The number of nitrogens with one attached hydrogen (secondary N) is 1. The molecular weight excluding hydrogens is 332 g/mol. The summed E-state index contributed by atoms with van der Waals surface area (Å²) < 4.78 is 2.91. The molecule has 0 unspecified atom stereocenters. The number of aromatic hydroxyl groups is 1. The van der Waals surface area contributed by atoms with Crippen LogP contribution in [-0.4, -0.2) is 47.5 Å². The molecule has 0 aliphatic heterocycles. The number of amides is 1. The van der Waals surface area contributed by atoms with Crippen LogP contribution in [-0.2, 0) is 7.05 Å². The number of pyridine rings is 1. The molecule has 10 heteroatoms. The molecule has 0 aromatic carbocycles. The summed E-state index contributed by atoms with van der Waals surface area (Å²) in [7, 11) is 1.83. The van der Waals surface area contributed by atoms with Gasteiger partial charge in [0.05, 0.1) is 0 Å². The summed E-state index contributed by atoms with van der Waals surface area (Å²) in [5.74, 6) is -0.0491. The Morgan fingerprint density at radius 1 is 1.46 bits per heavy atom. The first-order valence-corrected chi connectivity index (χ1v) is 8.01. The number of thioether (sulfide) groups is 1. The van der Waals surface area contributed by atoms with Gasteiger partial charge in [0.2, 0.25) is 0 Å². The molecule has 2 N–H and O–H groups in total. The molecule has 3 aromatic rings. The topological polar surface area (TPSA) is 114 Å². The van der Waals surface area contributed by atoms with Crippen molar-refractivity contribution >= 4 is 23.3 Å². The number of aromatic nitrogens is 5. The van der Waals surface area contributed by atoms with E-state index in [1.54, 1.807) is 10.9 Å². The second-order valence-corrected chi connectivity index (χ2v) is 5.95. The molecular formula is C14H14N6O3S. The van der Waals surface area contributed by atoms with Gasteiger partial charge < -0.3 is 15.0 Å². The lowest BCUT2D eigenvalue weighted by Gasteiger charge is -2.06. The van der Waals surface area contributed by atoms with Gasteiger partial charge in [-0.3, -0.25) is 14.0 Å². The minimum absolute atomic E-state index is 0.0817. The van der Waals surface area contributed by atoms with Crippen LogP contribution in [0.2, 0.25) is 0 Å². The van der Waals surface area contributed by atoms with Gasteiger partial charge in [-0.05, 0) is 12.1 Å². The zero-order chi connectivity index (χ0) is 17.1. The Kier molecular flexibility index (Phi) is 4.47. The summed E-state index contributed by atoms with van der Waals surface area (Å²) in [4.78, 5) is 28.4. The fraction of sp³-hybridized carbons (Fsp3) is 0.214. The number of carbonyl (C=O) groups is 1. The van der Waals surface area contributed by atoms with Crippen LogP contribution >= 0.6 is 11.8 Å². The van der Waals surface area contributed by atoms with E-state index in [9.17, 15) is 14.7 Å².